The third kappa shape index (κ3) is 19.0. The second-order valence-corrected chi connectivity index (χ2v) is 28.1. The zero-order chi connectivity index (χ0) is 54.3. The van der Waals surface area contributed by atoms with Gasteiger partial charge in [-0.2, -0.15) is 10.2 Å². The number of nitrogens with zero attached hydrogens (tertiary/aromatic N) is 4. The summed E-state index contributed by atoms with van der Waals surface area (Å²) >= 11 is 4.74. The van der Waals surface area contributed by atoms with E-state index in [0.29, 0.717) is 97.0 Å². The van der Waals surface area contributed by atoms with Crippen LogP contribution in [0.2, 0.25) is 0 Å². The Morgan fingerprint density at radius 1 is 0.613 bits per heavy atom. The molecule has 0 aromatic heterocycles. The van der Waals surface area contributed by atoms with E-state index >= 15 is 0 Å². The van der Waals surface area contributed by atoms with Crippen molar-refractivity contribution in [1.29, 1.82) is 0 Å². The molecule has 2 N–H and O–H groups in total. The van der Waals surface area contributed by atoms with Gasteiger partial charge >= 0.3 is 55.4 Å². The number of hydrogen-bond acceptors (Lipinski definition) is 14. The summed E-state index contributed by atoms with van der Waals surface area (Å²) in [7, 11) is 4.11. The molecule has 0 unspecified atom stereocenters. The molecule has 7 rings (SSSR count). The van der Waals surface area contributed by atoms with E-state index in [4.69, 9.17) is 18.9 Å². The predicted molar refractivity (Wildman–Crippen MR) is 305 cm³/mol. The SMILES string of the molecule is CNc1cccc(Oc2cccc(Oc3cccc(NC(=O)c4ccc(C(C)=O)cc4)c3)c2)c1.COCCN(CCOC(=O)c1ccc(C(C)=O)cc1)c1ccc(N=Nc2ccc([N+](=O)[O-])cc2C)c(C)c1.[I][V][I]. The number of aryl methyl sites for hydroxylation is 2. The summed E-state index contributed by atoms with van der Waals surface area (Å²) in [4.78, 5) is 60.4. The number of ether oxygens (including phenoxy) is 4. The van der Waals surface area contributed by atoms with Crippen LogP contribution in [0.3, 0.4) is 0 Å². The first kappa shape index (κ1) is 58.9. The number of azo groups is 1. The fraction of sp³-hybridized carbons (Fsp3) is 0.179. The van der Waals surface area contributed by atoms with Gasteiger partial charge in [-0.1, -0.05) is 42.5 Å². The molecule has 0 radical (unpaired) electrons. The van der Waals surface area contributed by atoms with E-state index in [2.05, 4.69) is 60.8 Å². The number of Topliss-reactive ketones (excluding diaryl/α,β-unsaturated/α-hetero) is 2. The summed E-state index contributed by atoms with van der Waals surface area (Å²) in [5.41, 5.74) is 7.17. The van der Waals surface area contributed by atoms with Gasteiger partial charge < -0.3 is 34.5 Å². The summed E-state index contributed by atoms with van der Waals surface area (Å²) in [5, 5.41) is 25.5. The Bertz CT molecular complexity index is 3110. The van der Waals surface area contributed by atoms with Crippen molar-refractivity contribution in [3.63, 3.8) is 0 Å². The summed E-state index contributed by atoms with van der Waals surface area (Å²) in [5.74, 6) is 1.69. The van der Waals surface area contributed by atoms with Crippen LogP contribution in [-0.2, 0) is 18.9 Å². The molecule has 387 valence electrons. The number of anilines is 3. The first-order valence-electron chi connectivity index (χ1n) is 23.1. The number of nitro benzene ring substituents is 1. The van der Waals surface area contributed by atoms with Crippen LogP contribution in [-0.4, -0.2) is 68.8 Å². The summed E-state index contributed by atoms with van der Waals surface area (Å²) < 4.78 is 22.6. The Labute approximate surface area is 464 Å². The number of rotatable bonds is 20. The number of carbonyl (C=O) groups excluding carboxylic acids is 4. The van der Waals surface area contributed by atoms with Crippen molar-refractivity contribution in [3.05, 3.63) is 201 Å². The van der Waals surface area contributed by atoms with Crippen molar-refractivity contribution in [2.24, 2.45) is 10.2 Å². The fourth-order valence-electron chi connectivity index (χ4n) is 6.95. The average molecular weight is 1280 g/mol. The zero-order valence-electron chi connectivity index (χ0n) is 41.9. The number of halogens is 2. The minimum atomic E-state index is -0.458. The fourth-order valence-corrected chi connectivity index (χ4v) is 6.95. The van der Waals surface area contributed by atoms with Gasteiger partial charge in [-0.3, -0.25) is 24.5 Å². The molecule has 0 bridgehead atoms. The molecule has 0 aliphatic rings. The Morgan fingerprint density at radius 2 is 1.08 bits per heavy atom. The van der Waals surface area contributed by atoms with Crippen LogP contribution in [0.15, 0.2) is 168 Å². The Kier molecular flexibility index (Phi) is 23.9. The van der Waals surface area contributed by atoms with Crippen LogP contribution >= 0.6 is 40.0 Å². The molecule has 0 spiro atoms. The molecule has 0 fully saturated rings. The average Bonchev–Trinajstić information content (AvgIpc) is 3.40. The first-order valence-corrected chi connectivity index (χ1v) is 32.1. The standard InChI is InChI=1S/C28H30N4O6.C28H24N2O4.2HI.V/c1-19-17-24(9-11-26(19)29-30-27-12-10-25(32(35)36)18-20(27)2)31(13-15-37-4)14-16-38-28(34)23-7-5-22(6-8-23)21(3)33;1-19(31)20-12-14-21(15-13-20)28(32)30-23-7-4-9-25(17-23)34-27-11-5-10-26(18-27)33-24-8-3-6-22(16-24)29-2;;;/h5-12,17-18H,13-16H2,1-4H3;3-18,29H,1-2H3,(H,30,32);2*1H;/q;;;;+2/p-2. The molecule has 1 amide bonds. The molecule has 0 heterocycles. The maximum atomic E-state index is 12.6. The van der Waals surface area contributed by atoms with Crippen LogP contribution in [0.25, 0.3) is 0 Å². The molecule has 0 aliphatic carbocycles. The predicted octanol–water partition coefficient (Wildman–Crippen LogP) is 14.7. The summed E-state index contributed by atoms with van der Waals surface area (Å²) in [6.45, 7) is 8.31. The number of nitro groups is 1. The molecule has 0 saturated heterocycles. The molecule has 0 saturated carbocycles. The molecule has 0 atom stereocenters. The zero-order valence-corrected chi connectivity index (χ0v) is 47.6. The van der Waals surface area contributed by atoms with E-state index in [0.717, 1.165) is 16.9 Å². The number of nitrogens with one attached hydrogen (secondary N) is 2. The molecule has 16 nitrogen and oxygen atoms in total. The molecule has 7 aromatic carbocycles. The number of carbonyl (C=O) groups is 4. The van der Waals surface area contributed by atoms with E-state index in [1.54, 1.807) is 99.0 Å². The van der Waals surface area contributed by atoms with E-state index in [1.165, 1.54) is 26.0 Å². The van der Waals surface area contributed by atoms with Crippen LogP contribution in [0.5, 0.6) is 23.0 Å². The Balaban J connectivity index is 0.000000265. The van der Waals surface area contributed by atoms with E-state index in [-0.39, 0.29) is 29.8 Å². The van der Waals surface area contributed by atoms with Crippen LogP contribution in [0.1, 0.15) is 66.4 Å². The van der Waals surface area contributed by atoms with Gasteiger partial charge in [-0.05, 0) is 124 Å². The third-order valence-corrected chi connectivity index (χ3v) is 10.9. The van der Waals surface area contributed by atoms with E-state index in [9.17, 15) is 29.3 Å². The Hall–Kier alpha value is -6.98. The molecular weight excluding hydrogens is 1220 g/mol. The monoisotopic (exact) mass is 1280 g/mol. The van der Waals surface area contributed by atoms with E-state index in [1.807, 2.05) is 79.5 Å². The molecular formula is C56H54I2N6O10V. The van der Waals surface area contributed by atoms with Crippen molar-refractivity contribution < 1.29 is 52.5 Å². The second-order valence-electron chi connectivity index (χ2n) is 16.3. The number of benzene rings is 7. The number of ketones is 2. The molecule has 7 aromatic rings. The van der Waals surface area contributed by atoms with Gasteiger partial charge in [0.25, 0.3) is 11.6 Å². The van der Waals surface area contributed by atoms with Crippen LogP contribution in [0, 0.1) is 24.0 Å². The molecule has 19 heteroatoms. The van der Waals surface area contributed by atoms with Crippen LogP contribution < -0.4 is 25.0 Å². The van der Waals surface area contributed by atoms with Gasteiger partial charge in [0.05, 0.1) is 35.0 Å². The molecule has 0 aliphatic heterocycles. The number of methoxy groups -OCH3 is 1. The van der Waals surface area contributed by atoms with Crippen molar-refractivity contribution in [3.8, 4) is 23.0 Å². The van der Waals surface area contributed by atoms with Gasteiger partial charge in [-0.15, -0.1) is 0 Å². The van der Waals surface area contributed by atoms with Gasteiger partial charge in [0.2, 0.25) is 0 Å². The van der Waals surface area contributed by atoms with Gasteiger partial charge in [0.15, 0.2) is 11.6 Å². The van der Waals surface area contributed by atoms with E-state index < -0.39 is 10.9 Å². The van der Waals surface area contributed by atoms with Crippen molar-refractivity contribution in [2.45, 2.75) is 27.7 Å². The third-order valence-electron chi connectivity index (χ3n) is 10.9. The molecule has 75 heavy (non-hydrogen) atoms. The summed E-state index contributed by atoms with van der Waals surface area (Å²) in [6.07, 6.45) is 0. The van der Waals surface area contributed by atoms with Crippen LogP contribution in [0.4, 0.5) is 34.1 Å². The quantitative estimate of drug-likeness (QED) is 0.0183. The van der Waals surface area contributed by atoms with Gasteiger partial charge in [-0.25, -0.2) is 4.79 Å². The summed E-state index contributed by atoms with van der Waals surface area (Å²) in [6, 6.07) is 45.2. The van der Waals surface area contributed by atoms with Gasteiger partial charge in [0, 0.05) is 84.8 Å². The first-order chi connectivity index (χ1) is 36.1. The van der Waals surface area contributed by atoms with Crippen molar-refractivity contribution in [2.75, 3.05) is 56.0 Å². The number of non-ortho nitro benzene ring substituents is 1. The number of esters is 1. The van der Waals surface area contributed by atoms with Gasteiger partial charge in [0.1, 0.15) is 29.6 Å². The second kappa shape index (κ2) is 30.4. The maximum absolute atomic E-state index is 12.6. The van der Waals surface area contributed by atoms with Crippen molar-refractivity contribution in [1.82, 2.24) is 0 Å². The number of amides is 1. The Morgan fingerprint density at radius 3 is 1.59 bits per heavy atom. The number of hydrogen-bond donors (Lipinski definition) is 2. The van der Waals surface area contributed by atoms with Crippen molar-refractivity contribution >= 4 is 97.5 Å². The minimum absolute atomic E-state index is 0.00898. The topological polar surface area (TPSA) is 200 Å². The normalized spacial score (nSPS) is 10.4.